The Morgan fingerprint density at radius 2 is 1.96 bits per heavy atom. The molecule has 1 aromatic heterocycles. The van der Waals surface area contributed by atoms with Gasteiger partial charge in [0.15, 0.2) is 11.5 Å². The number of β-amino-alcohol motifs (C(OH)–C–C–N with tert-alkyl or cyclic N) is 1. The number of methoxy groups -OCH3 is 1. The molecule has 1 aliphatic heterocycles. The number of ether oxygens (including phenoxy) is 2. The number of nitrogens with zero attached hydrogens (tertiary/aromatic N) is 2. The number of pyridine rings is 1. The molecule has 6 nitrogen and oxygen atoms in total. The van der Waals surface area contributed by atoms with Gasteiger partial charge < -0.3 is 24.8 Å². The van der Waals surface area contributed by atoms with E-state index in [1.54, 1.807) is 13.3 Å². The number of hydrogen-bond donors (Lipinski definition) is 2. The lowest BCUT2D eigenvalue weighted by Gasteiger charge is -2.20. The first-order valence-electron chi connectivity index (χ1n) is 9.54. The number of benzene rings is 1. The second kappa shape index (κ2) is 10.3. The van der Waals surface area contributed by atoms with Gasteiger partial charge in [-0.25, -0.2) is 0 Å². The Morgan fingerprint density at radius 3 is 2.70 bits per heavy atom. The number of nitrogens with one attached hydrogen (secondary N) is 1. The van der Waals surface area contributed by atoms with Crippen LogP contribution in [0.5, 0.6) is 11.5 Å². The summed E-state index contributed by atoms with van der Waals surface area (Å²) in [7, 11) is 1.63. The van der Waals surface area contributed by atoms with Crippen molar-refractivity contribution >= 4 is 0 Å². The molecule has 3 rings (SSSR count). The normalized spacial score (nSPS) is 15.6. The van der Waals surface area contributed by atoms with Crippen molar-refractivity contribution in [3.63, 3.8) is 0 Å². The second-order valence-corrected chi connectivity index (χ2v) is 6.92. The molecule has 27 heavy (non-hydrogen) atoms. The Labute approximate surface area is 161 Å². The fourth-order valence-electron chi connectivity index (χ4n) is 3.30. The summed E-state index contributed by atoms with van der Waals surface area (Å²) in [6.45, 7) is 4.53. The Balaban J connectivity index is 1.51. The molecule has 1 atom stereocenters. The van der Waals surface area contributed by atoms with Crippen LogP contribution in [0.4, 0.5) is 0 Å². The summed E-state index contributed by atoms with van der Waals surface area (Å²) >= 11 is 0. The summed E-state index contributed by atoms with van der Waals surface area (Å²) in [4.78, 5) is 6.40. The molecule has 0 saturated carbocycles. The predicted molar refractivity (Wildman–Crippen MR) is 105 cm³/mol. The first kappa shape index (κ1) is 19.6. The third-order valence-electron chi connectivity index (χ3n) is 4.71. The monoisotopic (exact) mass is 371 g/mol. The van der Waals surface area contributed by atoms with Crippen molar-refractivity contribution in [1.82, 2.24) is 15.2 Å². The highest BCUT2D eigenvalue weighted by Crippen LogP contribution is 2.28. The van der Waals surface area contributed by atoms with Crippen LogP contribution in [0.1, 0.15) is 24.0 Å². The highest BCUT2D eigenvalue weighted by Gasteiger charge is 2.17. The molecule has 1 aromatic carbocycles. The topological polar surface area (TPSA) is 66.8 Å². The molecule has 2 N–H and O–H groups in total. The molecule has 0 amide bonds. The van der Waals surface area contributed by atoms with Gasteiger partial charge in [-0.15, -0.1) is 0 Å². The maximum Gasteiger partial charge on any atom is 0.161 e. The highest BCUT2D eigenvalue weighted by molar-refractivity contribution is 5.43. The van der Waals surface area contributed by atoms with Crippen LogP contribution >= 0.6 is 0 Å². The number of rotatable bonds is 10. The van der Waals surface area contributed by atoms with Gasteiger partial charge in [0.05, 0.1) is 7.11 Å². The maximum atomic E-state index is 10.2. The van der Waals surface area contributed by atoms with E-state index in [9.17, 15) is 5.11 Å². The van der Waals surface area contributed by atoms with Crippen LogP contribution in [0.15, 0.2) is 42.7 Å². The van der Waals surface area contributed by atoms with Gasteiger partial charge in [-0.1, -0.05) is 12.1 Å². The molecule has 0 spiro atoms. The van der Waals surface area contributed by atoms with Crippen molar-refractivity contribution in [3.05, 3.63) is 53.9 Å². The Kier molecular flexibility index (Phi) is 7.45. The van der Waals surface area contributed by atoms with E-state index in [0.29, 0.717) is 24.6 Å². The molecular formula is C21H29N3O3. The average Bonchev–Trinajstić information content (AvgIpc) is 3.20. The molecule has 6 heteroatoms. The molecule has 146 valence electrons. The lowest BCUT2D eigenvalue weighted by molar-refractivity contribution is 0.0746. The van der Waals surface area contributed by atoms with Crippen LogP contribution in [0, 0.1) is 0 Å². The molecule has 1 aliphatic rings. The fraction of sp³-hybridized carbons (Fsp3) is 0.476. The first-order chi connectivity index (χ1) is 13.2. The lowest BCUT2D eigenvalue weighted by atomic mass is 10.2. The number of likely N-dealkylation sites (tertiary alicyclic amines) is 1. The lowest BCUT2D eigenvalue weighted by Crippen LogP contribution is -2.33. The van der Waals surface area contributed by atoms with Crippen LogP contribution in [0.2, 0.25) is 0 Å². The van der Waals surface area contributed by atoms with E-state index in [-0.39, 0.29) is 6.61 Å². The van der Waals surface area contributed by atoms with Crippen LogP contribution < -0.4 is 14.8 Å². The zero-order valence-corrected chi connectivity index (χ0v) is 15.9. The maximum absolute atomic E-state index is 10.2. The van der Waals surface area contributed by atoms with Gasteiger partial charge >= 0.3 is 0 Å². The zero-order valence-electron chi connectivity index (χ0n) is 15.9. The van der Waals surface area contributed by atoms with Crippen molar-refractivity contribution in [2.24, 2.45) is 0 Å². The minimum absolute atomic E-state index is 0.263. The van der Waals surface area contributed by atoms with Gasteiger partial charge in [0.2, 0.25) is 0 Å². The summed E-state index contributed by atoms with van der Waals surface area (Å²) in [6.07, 6.45) is 5.57. The second-order valence-electron chi connectivity index (χ2n) is 6.92. The van der Waals surface area contributed by atoms with Crippen LogP contribution in [-0.2, 0) is 13.1 Å². The fourth-order valence-corrected chi connectivity index (χ4v) is 3.30. The average molecular weight is 371 g/mol. The standard InChI is InChI=1S/C21H29N3O3/c1-26-20-7-6-17(12-23-14-18-5-4-8-22-13-18)11-21(20)27-16-19(25)15-24-9-2-3-10-24/h4-8,11,13,19,23,25H,2-3,9-10,12,14-16H2,1H3. The Bertz CT molecular complexity index is 690. The van der Waals surface area contributed by atoms with Crippen LogP contribution in [0.25, 0.3) is 0 Å². The van der Waals surface area contributed by atoms with Crippen molar-refractivity contribution in [3.8, 4) is 11.5 Å². The largest absolute Gasteiger partial charge is 0.493 e. The number of aliphatic hydroxyl groups excluding tert-OH is 1. The van der Waals surface area contributed by atoms with Crippen molar-refractivity contribution in [2.45, 2.75) is 32.0 Å². The van der Waals surface area contributed by atoms with E-state index >= 15 is 0 Å². The predicted octanol–water partition coefficient (Wildman–Crippen LogP) is 2.22. The smallest absolute Gasteiger partial charge is 0.161 e. The van der Waals surface area contributed by atoms with Crippen LogP contribution in [0.3, 0.4) is 0 Å². The van der Waals surface area contributed by atoms with Crippen molar-refractivity contribution in [2.75, 3.05) is 33.4 Å². The van der Waals surface area contributed by atoms with Crippen LogP contribution in [-0.4, -0.2) is 54.4 Å². The SMILES string of the molecule is COc1ccc(CNCc2cccnc2)cc1OCC(O)CN1CCCC1. The summed E-state index contributed by atoms with van der Waals surface area (Å²) in [5, 5.41) is 13.6. The molecule has 2 heterocycles. The minimum atomic E-state index is -0.500. The molecule has 1 fully saturated rings. The number of aromatic nitrogens is 1. The molecule has 1 saturated heterocycles. The van der Waals surface area contributed by atoms with Gasteiger partial charge in [0.1, 0.15) is 12.7 Å². The van der Waals surface area contributed by atoms with E-state index in [4.69, 9.17) is 9.47 Å². The molecule has 2 aromatic rings. The Hall–Kier alpha value is -2.15. The zero-order chi connectivity index (χ0) is 18.9. The van der Waals surface area contributed by atoms with Crippen molar-refractivity contribution < 1.29 is 14.6 Å². The third kappa shape index (κ3) is 6.20. The van der Waals surface area contributed by atoms with Crippen molar-refractivity contribution in [1.29, 1.82) is 0 Å². The van der Waals surface area contributed by atoms with Gasteiger partial charge in [0.25, 0.3) is 0 Å². The molecule has 0 aliphatic carbocycles. The van der Waals surface area contributed by atoms with Gasteiger partial charge in [-0.05, 0) is 55.3 Å². The molecular weight excluding hydrogens is 342 g/mol. The highest BCUT2D eigenvalue weighted by atomic mass is 16.5. The van der Waals surface area contributed by atoms with E-state index in [0.717, 1.165) is 30.8 Å². The van der Waals surface area contributed by atoms with Gasteiger partial charge in [-0.3, -0.25) is 4.98 Å². The van der Waals surface area contributed by atoms with E-state index in [2.05, 4.69) is 15.2 Å². The number of hydrogen-bond acceptors (Lipinski definition) is 6. The van der Waals surface area contributed by atoms with Gasteiger partial charge in [-0.2, -0.15) is 0 Å². The summed E-state index contributed by atoms with van der Waals surface area (Å²) in [5.74, 6) is 1.35. The van der Waals surface area contributed by atoms with E-state index in [1.165, 1.54) is 12.8 Å². The summed E-state index contributed by atoms with van der Waals surface area (Å²) in [6, 6.07) is 9.87. The first-order valence-corrected chi connectivity index (χ1v) is 9.54. The molecule has 1 unspecified atom stereocenters. The summed E-state index contributed by atoms with van der Waals surface area (Å²) < 4.78 is 11.3. The van der Waals surface area contributed by atoms with E-state index in [1.807, 2.05) is 36.5 Å². The van der Waals surface area contributed by atoms with Gasteiger partial charge in [0, 0.05) is 32.0 Å². The quantitative estimate of drug-likeness (QED) is 0.668. The Morgan fingerprint density at radius 1 is 1.15 bits per heavy atom. The molecule has 0 radical (unpaired) electrons. The summed E-state index contributed by atoms with van der Waals surface area (Å²) in [5.41, 5.74) is 2.25. The third-order valence-corrected chi connectivity index (χ3v) is 4.71. The van der Waals surface area contributed by atoms with E-state index < -0.39 is 6.10 Å². The molecule has 0 bridgehead atoms. The minimum Gasteiger partial charge on any atom is -0.493 e. The number of aliphatic hydroxyl groups is 1.